The monoisotopic (exact) mass is 305 g/mol. The Kier molecular flexibility index (Phi) is 14.1. The molecule has 1 atom stereocenters. The number of hydrogen-bond acceptors (Lipinski definition) is 4. The van der Waals surface area contributed by atoms with Crippen molar-refractivity contribution in [2.24, 2.45) is 11.3 Å². The summed E-state index contributed by atoms with van der Waals surface area (Å²) >= 11 is 0. The average molecular weight is 305 g/mol. The number of amides is 1. The van der Waals surface area contributed by atoms with Gasteiger partial charge in [0.2, 0.25) is 5.91 Å². The standard InChI is InChI=1S/C11H23NO.C5H12O3/c1-5-8-12(9-6-2)11(13)10(4)7-3;1-5(2-6,3-7)4-8/h10H,5-9H2,1-4H3;6-8H,2-4H2,1H3. The molecule has 128 valence electrons. The molecular weight excluding hydrogens is 270 g/mol. The molecule has 21 heavy (non-hydrogen) atoms. The summed E-state index contributed by atoms with van der Waals surface area (Å²) in [5.41, 5.74) is -0.708. The molecule has 0 spiro atoms. The van der Waals surface area contributed by atoms with Crippen LogP contribution < -0.4 is 0 Å². The molecule has 0 aliphatic carbocycles. The van der Waals surface area contributed by atoms with Crippen LogP contribution in [0.5, 0.6) is 0 Å². The highest BCUT2D eigenvalue weighted by Gasteiger charge is 2.20. The quantitative estimate of drug-likeness (QED) is 0.605. The SMILES string of the molecule is CC(CO)(CO)CO.CCCN(CCC)C(=O)C(C)CC. The molecule has 0 bridgehead atoms. The van der Waals surface area contributed by atoms with Crippen LogP contribution in [-0.4, -0.2) is 59.0 Å². The minimum absolute atomic E-state index is 0.181. The maximum absolute atomic E-state index is 11.8. The molecule has 0 aliphatic rings. The summed E-state index contributed by atoms with van der Waals surface area (Å²) in [7, 11) is 0. The summed E-state index contributed by atoms with van der Waals surface area (Å²) in [6.07, 6.45) is 3.06. The Morgan fingerprint density at radius 2 is 1.38 bits per heavy atom. The molecular formula is C16H35NO4. The van der Waals surface area contributed by atoms with Gasteiger partial charge in [-0.1, -0.05) is 34.6 Å². The van der Waals surface area contributed by atoms with E-state index in [4.69, 9.17) is 15.3 Å². The molecule has 0 fully saturated rings. The predicted octanol–water partition coefficient (Wildman–Crippen LogP) is 1.65. The Bertz CT molecular complexity index is 240. The van der Waals surface area contributed by atoms with E-state index in [1.54, 1.807) is 6.92 Å². The molecule has 0 aromatic rings. The molecule has 0 radical (unpaired) electrons. The van der Waals surface area contributed by atoms with Crippen LogP contribution >= 0.6 is 0 Å². The Balaban J connectivity index is 0. The molecule has 0 aliphatic heterocycles. The zero-order valence-electron chi connectivity index (χ0n) is 14.4. The molecule has 0 saturated heterocycles. The lowest BCUT2D eigenvalue weighted by Crippen LogP contribution is -2.36. The molecule has 5 nitrogen and oxygen atoms in total. The van der Waals surface area contributed by atoms with Crippen molar-refractivity contribution in [1.82, 2.24) is 4.90 Å². The number of hydrogen-bond donors (Lipinski definition) is 3. The second-order valence-electron chi connectivity index (χ2n) is 5.92. The van der Waals surface area contributed by atoms with E-state index in [0.29, 0.717) is 5.91 Å². The lowest BCUT2D eigenvalue weighted by molar-refractivity contribution is -0.135. The second kappa shape index (κ2) is 13.0. The number of aliphatic hydroxyl groups excluding tert-OH is 3. The number of carbonyl (C=O) groups excluding carboxylic acids is 1. The third-order valence-electron chi connectivity index (χ3n) is 3.48. The Hall–Kier alpha value is -0.650. The first-order chi connectivity index (χ1) is 9.85. The van der Waals surface area contributed by atoms with Gasteiger partial charge in [-0.15, -0.1) is 0 Å². The molecule has 0 saturated carbocycles. The summed E-state index contributed by atoms with van der Waals surface area (Å²) < 4.78 is 0. The van der Waals surface area contributed by atoms with Crippen molar-refractivity contribution < 1.29 is 20.1 Å². The molecule has 0 aromatic heterocycles. The van der Waals surface area contributed by atoms with Crippen LogP contribution in [0.4, 0.5) is 0 Å². The molecule has 0 aromatic carbocycles. The summed E-state index contributed by atoms with van der Waals surface area (Å²) in [6.45, 7) is 11.2. The van der Waals surface area contributed by atoms with E-state index in [9.17, 15) is 4.79 Å². The number of aliphatic hydroxyl groups is 3. The highest BCUT2D eigenvalue weighted by atomic mass is 16.3. The smallest absolute Gasteiger partial charge is 0.225 e. The van der Waals surface area contributed by atoms with Gasteiger partial charge in [0.25, 0.3) is 0 Å². The van der Waals surface area contributed by atoms with Crippen molar-refractivity contribution in [2.45, 2.75) is 53.9 Å². The van der Waals surface area contributed by atoms with E-state index in [-0.39, 0.29) is 25.7 Å². The van der Waals surface area contributed by atoms with E-state index >= 15 is 0 Å². The van der Waals surface area contributed by atoms with Crippen molar-refractivity contribution in [3.8, 4) is 0 Å². The lowest BCUT2D eigenvalue weighted by atomic mass is 9.95. The fraction of sp³-hybridized carbons (Fsp3) is 0.938. The fourth-order valence-electron chi connectivity index (χ4n) is 1.51. The summed E-state index contributed by atoms with van der Waals surface area (Å²) in [5, 5.41) is 25.4. The predicted molar refractivity (Wildman–Crippen MR) is 86.0 cm³/mol. The molecule has 0 heterocycles. The van der Waals surface area contributed by atoms with Gasteiger partial charge in [-0.3, -0.25) is 4.79 Å². The third kappa shape index (κ3) is 9.82. The summed E-state index contributed by atoms with van der Waals surface area (Å²) in [6, 6.07) is 0. The normalized spacial score (nSPS) is 12.4. The van der Waals surface area contributed by atoms with Crippen molar-refractivity contribution in [2.75, 3.05) is 32.9 Å². The summed E-state index contributed by atoms with van der Waals surface area (Å²) in [4.78, 5) is 13.8. The van der Waals surface area contributed by atoms with Crippen LogP contribution in [0.15, 0.2) is 0 Å². The highest BCUT2D eigenvalue weighted by Crippen LogP contribution is 2.11. The second-order valence-corrected chi connectivity index (χ2v) is 5.92. The Morgan fingerprint density at radius 3 is 1.57 bits per heavy atom. The van der Waals surface area contributed by atoms with Gasteiger partial charge in [0, 0.05) is 24.4 Å². The van der Waals surface area contributed by atoms with Gasteiger partial charge in [-0.25, -0.2) is 0 Å². The minimum Gasteiger partial charge on any atom is -0.396 e. The van der Waals surface area contributed by atoms with Gasteiger partial charge in [-0.2, -0.15) is 0 Å². The molecule has 1 amide bonds. The topological polar surface area (TPSA) is 81.0 Å². The number of rotatable bonds is 9. The van der Waals surface area contributed by atoms with Gasteiger partial charge in [-0.05, 0) is 19.3 Å². The summed E-state index contributed by atoms with van der Waals surface area (Å²) in [5.74, 6) is 0.518. The number of carbonyl (C=O) groups is 1. The van der Waals surface area contributed by atoms with Crippen molar-refractivity contribution in [1.29, 1.82) is 0 Å². The average Bonchev–Trinajstić information content (AvgIpc) is 2.53. The largest absolute Gasteiger partial charge is 0.396 e. The van der Waals surface area contributed by atoms with Crippen molar-refractivity contribution in [3.05, 3.63) is 0 Å². The fourth-order valence-corrected chi connectivity index (χ4v) is 1.51. The van der Waals surface area contributed by atoms with Crippen molar-refractivity contribution >= 4 is 5.91 Å². The van der Waals surface area contributed by atoms with Crippen LogP contribution in [0.25, 0.3) is 0 Å². The highest BCUT2D eigenvalue weighted by molar-refractivity contribution is 5.78. The first-order valence-corrected chi connectivity index (χ1v) is 7.97. The van der Waals surface area contributed by atoms with Crippen LogP contribution in [0.1, 0.15) is 53.9 Å². The van der Waals surface area contributed by atoms with Gasteiger partial charge >= 0.3 is 0 Å². The maximum Gasteiger partial charge on any atom is 0.225 e. The zero-order valence-corrected chi connectivity index (χ0v) is 14.4. The Morgan fingerprint density at radius 1 is 1.00 bits per heavy atom. The molecule has 5 heteroatoms. The first-order valence-electron chi connectivity index (χ1n) is 7.97. The van der Waals surface area contributed by atoms with Gasteiger partial charge in [0.1, 0.15) is 0 Å². The Labute approximate surface area is 130 Å². The van der Waals surface area contributed by atoms with Crippen LogP contribution in [0.3, 0.4) is 0 Å². The molecule has 0 rings (SSSR count). The van der Waals surface area contributed by atoms with E-state index in [1.807, 2.05) is 11.8 Å². The minimum atomic E-state index is -0.708. The molecule has 1 unspecified atom stereocenters. The lowest BCUT2D eigenvalue weighted by Gasteiger charge is -2.24. The van der Waals surface area contributed by atoms with Gasteiger partial charge in [0.15, 0.2) is 0 Å². The van der Waals surface area contributed by atoms with Crippen molar-refractivity contribution in [3.63, 3.8) is 0 Å². The maximum atomic E-state index is 11.8. The first kappa shape index (κ1) is 22.6. The number of nitrogens with zero attached hydrogens (tertiary/aromatic N) is 1. The van der Waals surface area contributed by atoms with Crippen LogP contribution in [-0.2, 0) is 4.79 Å². The van der Waals surface area contributed by atoms with Crippen LogP contribution in [0.2, 0.25) is 0 Å². The van der Waals surface area contributed by atoms with E-state index in [0.717, 1.165) is 32.4 Å². The zero-order chi connectivity index (χ0) is 16.9. The third-order valence-corrected chi connectivity index (χ3v) is 3.48. The van der Waals surface area contributed by atoms with Gasteiger partial charge < -0.3 is 20.2 Å². The molecule has 3 N–H and O–H groups in total. The van der Waals surface area contributed by atoms with Gasteiger partial charge in [0.05, 0.1) is 19.8 Å². The van der Waals surface area contributed by atoms with E-state index in [2.05, 4.69) is 20.8 Å². The van der Waals surface area contributed by atoms with Crippen LogP contribution in [0, 0.1) is 11.3 Å². The van der Waals surface area contributed by atoms with E-state index < -0.39 is 5.41 Å². The van der Waals surface area contributed by atoms with E-state index in [1.165, 1.54) is 0 Å².